The predicted octanol–water partition coefficient (Wildman–Crippen LogP) is 4.63. The maximum absolute atomic E-state index is 5.32. The molecule has 0 unspecified atom stereocenters. The number of aromatic nitrogens is 3. The highest BCUT2D eigenvalue weighted by Gasteiger charge is 2.12. The van der Waals surface area contributed by atoms with Crippen molar-refractivity contribution in [3.8, 4) is 11.5 Å². The summed E-state index contributed by atoms with van der Waals surface area (Å²) in [6, 6.07) is 11.9. The van der Waals surface area contributed by atoms with Gasteiger partial charge in [0.25, 0.3) is 5.89 Å². The third-order valence-electron chi connectivity index (χ3n) is 3.35. The van der Waals surface area contributed by atoms with Gasteiger partial charge in [0.15, 0.2) is 5.82 Å². The van der Waals surface area contributed by atoms with Crippen LogP contribution in [0.4, 0.5) is 5.82 Å². The predicted molar refractivity (Wildman–Crippen MR) is 93.1 cm³/mol. The number of hydrogen-bond acceptors (Lipinski definition) is 5. The Balaban J connectivity index is 1.72. The zero-order chi connectivity index (χ0) is 16.2. The Hall–Kier alpha value is -2.21. The second-order valence-electron chi connectivity index (χ2n) is 5.52. The topological polar surface area (TPSA) is 63.8 Å². The summed E-state index contributed by atoms with van der Waals surface area (Å²) in [5.41, 5.74) is 2.04. The van der Waals surface area contributed by atoms with Crippen LogP contribution in [0.15, 0.2) is 51.6 Å². The van der Waals surface area contributed by atoms with E-state index in [1.54, 1.807) is 6.20 Å². The van der Waals surface area contributed by atoms with E-state index in [2.05, 4.69) is 48.5 Å². The van der Waals surface area contributed by atoms with Crippen LogP contribution in [0, 0.1) is 0 Å². The molecule has 23 heavy (non-hydrogen) atoms. The van der Waals surface area contributed by atoms with Crippen LogP contribution in [-0.4, -0.2) is 15.1 Å². The van der Waals surface area contributed by atoms with E-state index in [0.29, 0.717) is 18.3 Å². The molecule has 1 aromatic carbocycles. The van der Waals surface area contributed by atoms with E-state index < -0.39 is 0 Å². The maximum Gasteiger partial charge on any atom is 0.258 e. The molecule has 5 nitrogen and oxygen atoms in total. The number of halogens is 1. The first-order valence-corrected chi connectivity index (χ1v) is 8.19. The van der Waals surface area contributed by atoms with Gasteiger partial charge in [-0.1, -0.05) is 47.1 Å². The van der Waals surface area contributed by atoms with Crippen LogP contribution in [0.3, 0.4) is 0 Å². The molecule has 1 N–H and O–H groups in total. The summed E-state index contributed by atoms with van der Waals surface area (Å²) < 4.78 is 6.39. The van der Waals surface area contributed by atoms with Crippen LogP contribution in [0.2, 0.25) is 0 Å². The van der Waals surface area contributed by atoms with Gasteiger partial charge in [-0.25, -0.2) is 4.98 Å². The highest BCUT2D eigenvalue weighted by molar-refractivity contribution is 9.10. The standard InChI is InChI=1S/C17H17BrN4O/c1-11(2)16-21-17(23-22-16)13-7-8-19-15(9-13)20-10-12-3-5-14(18)6-4-12/h3-9,11H,10H2,1-2H3,(H,19,20). The fraction of sp³-hybridized carbons (Fsp3) is 0.235. The van der Waals surface area contributed by atoms with Crippen LogP contribution < -0.4 is 5.32 Å². The van der Waals surface area contributed by atoms with E-state index in [4.69, 9.17) is 4.52 Å². The molecule has 0 aliphatic rings. The van der Waals surface area contributed by atoms with Crippen molar-refractivity contribution in [1.82, 2.24) is 15.1 Å². The van der Waals surface area contributed by atoms with Gasteiger partial charge < -0.3 is 9.84 Å². The Labute approximate surface area is 143 Å². The number of pyridine rings is 1. The highest BCUT2D eigenvalue weighted by atomic mass is 79.9. The van der Waals surface area contributed by atoms with Crippen LogP contribution in [0.1, 0.15) is 31.2 Å². The molecule has 0 atom stereocenters. The lowest BCUT2D eigenvalue weighted by molar-refractivity contribution is 0.419. The lowest BCUT2D eigenvalue weighted by Gasteiger charge is -2.06. The Morgan fingerprint density at radius 1 is 1.17 bits per heavy atom. The van der Waals surface area contributed by atoms with Gasteiger partial charge in [-0.15, -0.1) is 0 Å². The molecule has 118 valence electrons. The molecule has 2 aromatic heterocycles. The average Bonchev–Trinajstić information content (AvgIpc) is 3.05. The second kappa shape index (κ2) is 6.91. The molecule has 0 bridgehead atoms. The number of rotatable bonds is 5. The number of benzene rings is 1. The first-order valence-electron chi connectivity index (χ1n) is 7.40. The number of anilines is 1. The van der Waals surface area contributed by atoms with Crippen LogP contribution >= 0.6 is 15.9 Å². The molecule has 0 aliphatic carbocycles. The number of nitrogens with one attached hydrogen (secondary N) is 1. The molecular formula is C17H17BrN4O. The molecule has 3 rings (SSSR count). The molecule has 0 aliphatic heterocycles. The van der Waals surface area contributed by atoms with Crippen molar-refractivity contribution in [2.24, 2.45) is 0 Å². The van der Waals surface area contributed by atoms with Crippen molar-refractivity contribution < 1.29 is 4.52 Å². The van der Waals surface area contributed by atoms with Gasteiger partial charge >= 0.3 is 0 Å². The van der Waals surface area contributed by atoms with Crippen molar-refractivity contribution in [3.63, 3.8) is 0 Å². The van der Waals surface area contributed by atoms with E-state index in [9.17, 15) is 0 Å². The molecule has 0 spiro atoms. The highest BCUT2D eigenvalue weighted by Crippen LogP contribution is 2.22. The molecule has 6 heteroatoms. The van der Waals surface area contributed by atoms with E-state index in [-0.39, 0.29) is 5.92 Å². The van der Waals surface area contributed by atoms with Crippen molar-refractivity contribution in [1.29, 1.82) is 0 Å². The van der Waals surface area contributed by atoms with Gasteiger partial charge in [-0.05, 0) is 29.8 Å². The molecule has 0 fully saturated rings. The van der Waals surface area contributed by atoms with Crippen molar-refractivity contribution >= 4 is 21.7 Å². The van der Waals surface area contributed by atoms with E-state index in [1.807, 2.05) is 38.1 Å². The first-order chi connectivity index (χ1) is 11.1. The van der Waals surface area contributed by atoms with Gasteiger partial charge in [-0.3, -0.25) is 0 Å². The van der Waals surface area contributed by atoms with E-state index in [1.165, 1.54) is 5.56 Å². The Kier molecular flexibility index (Phi) is 4.71. The minimum Gasteiger partial charge on any atom is -0.366 e. The Bertz CT molecular complexity index is 783. The molecular weight excluding hydrogens is 356 g/mol. The summed E-state index contributed by atoms with van der Waals surface area (Å²) in [6.45, 7) is 4.77. The van der Waals surface area contributed by atoms with Crippen LogP contribution in [0.5, 0.6) is 0 Å². The zero-order valence-corrected chi connectivity index (χ0v) is 14.5. The quantitative estimate of drug-likeness (QED) is 0.707. The third-order valence-corrected chi connectivity index (χ3v) is 3.88. The largest absolute Gasteiger partial charge is 0.366 e. The van der Waals surface area contributed by atoms with E-state index in [0.717, 1.165) is 15.9 Å². The number of hydrogen-bond donors (Lipinski definition) is 1. The summed E-state index contributed by atoms with van der Waals surface area (Å²) in [7, 11) is 0. The lowest BCUT2D eigenvalue weighted by atomic mass is 10.2. The van der Waals surface area contributed by atoms with E-state index >= 15 is 0 Å². The SMILES string of the molecule is CC(C)c1noc(-c2ccnc(NCc3ccc(Br)cc3)c2)n1. The Morgan fingerprint density at radius 2 is 1.96 bits per heavy atom. The monoisotopic (exact) mass is 372 g/mol. The van der Waals surface area contributed by atoms with Crippen molar-refractivity contribution in [3.05, 3.63) is 58.5 Å². The summed E-state index contributed by atoms with van der Waals surface area (Å²) in [6.07, 6.45) is 1.73. The molecule has 0 saturated carbocycles. The molecule has 2 heterocycles. The van der Waals surface area contributed by atoms with Crippen molar-refractivity contribution in [2.75, 3.05) is 5.32 Å². The van der Waals surface area contributed by atoms with Crippen LogP contribution in [0.25, 0.3) is 11.5 Å². The van der Waals surface area contributed by atoms with Gasteiger partial charge in [-0.2, -0.15) is 4.98 Å². The zero-order valence-electron chi connectivity index (χ0n) is 13.0. The summed E-state index contributed by atoms with van der Waals surface area (Å²) >= 11 is 3.43. The van der Waals surface area contributed by atoms with Gasteiger partial charge in [0.05, 0.1) is 0 Å². The third kappa shape index (κ3) is 3.96. The maximum atomic E-state index is 5.32. The minimum atomic E-state index is 0.240. The fourth-order valence-electron chi connectivity index (χ4n) is 2.04. The minimum absolute atomic E-state index is 0.240. The molecule has 0 radical (unpaired) electrons. The number of nitrogens with zero attached hydrogens (tertiary/aromatic N) is 3. The summed E-state index contributed by atoms with van der Waals surface area (Å²) in [5, 5.41) is 7.30. The summed E-state index contributed by atoms with van der Waals surface area (Å²) in [5.74, 6) is 2.24. The second-order valence-corrected chi connectivity index (χ2v) is 6.44. The average molecular weight is 373 g/mol. The van der Waals surface area contributed by atoms with Gasteiger partial charge in [0.1, 0.15) is 5.82 Å². The normalized spacial score (nSPS) is 11.0. The molecule has 0 amide bonds. The van der Waals surface area contributed by atoms with Crippen molar-refractivity contribution in [2.45, 2.75) is 26.3 Å². The lowest BCUT2D eigenvalue weighted by Crippen LogP contribution is -2.01. The fourth-order valence-corrected chi connectivity index (χ4v) is 2.31. The van der Waals surface area contributed by atoms with Crippen LogP contribution in [-0.2, 0) is 6.54 Å². The smallest absolute Gasteiger partial charge is 0.258 e. The molecule has 3 aromatic rings. The first kappa shape index (κ1) is 15.7. The van der Waals surface area contributed by atoms with Gasteiger partial charge in [0, 0.05) is 28.7 Å². The molecule has 0 saturated heterocycles. The summed E-state index contributed by atoms with van der Waals surface area (Å²) in [4.78, 5) is 8.74. The Morgan fingerprint density at radius 3 is 2.65 bits per heavy atom. The van der Waals surface area contributed by atoms with Gasteiger partial charge in [0.2, 0.25) is 0 Å².